The first-order valence-corrected chi connectivity index (χ1v) is 16.4. The average molecular weight is 507 g/mol. The predicted molar refractivity (Wildman–Crippen MR) is 166 cm³/mol. The Kier molecular flexibility index (Phi) is 8.44. The fourth-order valence-electron chi connectivity index (χ4n) is 5.99. The van der Waals surface area contributed by atoms with Gasteiger partial charge in [-0.25, -0.2) is 0 Å². The summed E-state index contributed by atoms with van der Waals surface area (Å²) in [6, 6.07) is 28.9. The molecule has 0 bridgehead atoms. The highest BCUT2D eigenvalue weighted by atomic mass is 28.3. The van der Waals surface area contributed by atoms with Gasteiger partial charge in [0.25, 0.3) is 0 Å². The van der Waals surface area contributed by atoms with Gasteiger partial charge in [0.2, 0.25) is 0 Å². The van der Waals surface area contributed by atoms with Crippen LogP contribution in [0.3, 0.4) is 0 Å². The van der Waals surface area contributed by atoms with Crippen molar-refractivity contribution in [2.45, 2.75) is 86.0 Å². The highest BCUT2D eigenvalue weighted by Crippen LogP contribution is 2.35. The summed E-state index contributed by atoms with van der Waals surface area (Å²) in [5.41, 5.74) is 5.89. The van der Waals surface area contributed by atoms with Crippen LogP contribution >= 0.6 is 0 Å². The lowest BCUT2D eigenvalue weighted by Crippen LogP contribution is -2.69. The third-order valence-electron chi connectivity index (χ3n) is 8.52. The lowest BCUT2D eigenvalue weighted by Gasteiger charge is -2.38. The Morgan fingerprint density at radius 1 is 0.622 bits per heavy atom. The second-order valence-electron chi connectivity index (χ2n) is 11.9. The summed E-state index contributed by atoms with van der Waals surface area (Å²) in [5, 5.41) is 6.27. The van der Waals surface area contributed by atoms with Crippen molar-refractivity contribution in [3.63, 3.8) is 0 Å². The molecular formula is C36H46Si. The van der Waals surface area contributed by atoms with Crippen LogP contribution in [0, 0.1) is 5.92 Å². The molecule has 0 heterocycles. The Balaban J connectivity index is 2.20. The van der Waals surface area contributed by atoms with E-state index in [1.807, 2.05) is 0 Å². The van der Waals surface area contributed by atoms with Crippen molar-refractivity contribution in [3.8, 4) is 0 Å². The minimum absolute atomic E-state index is 0.500. The van der Waals surface area contributed by atoms with Crippen molar-refractivity contribution in [1.82, 2.24) is 0 Å². The van der Waals surface area contributed by atoms with E-state index in [2.05, 4.69) is 140 Å². The molecule has 3 aromatic carbocycles. The summed E-state index contributed by atoms with van der Waals surface area (Å²) >= 11 is 0. The van der Waals surface area contributed by atoms with Gasteiger partial charge in [-0.1, -0.05) is 146 Å². The number of benzene rings is 3. The lowest BCUT2D eigenvalue weighted by atomic mass is 10.00. The molecule has 3 aromatic rings. The zero-order valence-corrected chi connectivity index (χ0v) is 25.3. The highest BCUT2D eigenvalue weighted by Gasteiger charge is 2.45. The van der Waals surface area contributed by atoms with Crippen LogP contribution in [0.25, 0.3) is 0 Å². The van der Waals surface area contributed by atoms with Crippen molar-refractivity contribution < 1.29 is 0 Å². The van der Waals surface area contributed by atoms with Crippen LogP contribution in [-0.2, 0) is 0 Å². The molecule has 0 spiro atoms. The second-order valence-corrected chi connectivity index (χ2v) is 15.8. The normalized spacial score (nSPS) is 14.9. The number of hydrogen-bond acceptors (Lipinski definition) is 0. The van der Waals surface area contributed by atoms with Gasteiger partial charge in [-0.15, -0.1) is 0 Å². The van der Waals surface area contributed by atoms with E-state index >= 15 is 0 Å². The molecule has 194 valence electrons. The maximum absolute atomic E-state index is 2.56. The molecule has 1 aliphatic rings. The minimum Gasteiger partial charge on any atom is -0.0805 e. The van der Waals surface area contributed by atoms with E-state index in [0.29, 0.717) is 23.7 Å². The third kappa shape index (κ3) is 5.21. The molecule has 0 aliphatic heterocycles. The molecular weight excluding hydrogens is 460 g/mol. The molecule has 0 radical (unpaired) electrons. The number of rotatable bonds is 9. The van der Waals surface area contributed by atoms with Crippen LogP contribution in [0.1, 0.15) is 103 Å². The van der Waals surface area contributed by atoms with Gasteiger partial charge in [-0.3, -0.25) is 0 Å². The van der Waals surface area contributed by atoms with E-state index in [1.54, 1.807) is 10.8 Å². The zero-order valence-electron chi connectivity index (χ0n) is 24.3. The van der Waals surface area contributed by atoms with Crippen molar-refractivity contribution in [2.24, 2.45) is 5.92 Å². The Labute approximate surface area is 227 Å². The number of allylic oxidation sites excluding steroid dienone is 4. The second kappa shape index (κ2) is 11.4. The van der Waals surface area contributed by atoms with Crippen molar-refractivity contribution in [1.29, 1.82) is 0 Å². The smallest absolute Gasteiger partial charge is 0.0805 e. The molecule has 1 aliphatic carbocycles. The van der Waals surface area contributed by atoms with Gasteiger partial charge in [0.1, 0.15) is 0 Å². The van der Waals surface area contributed by atoms with E-state index in [0.717, 1.165) is 12.8 Å². The molecule has 4 rings (SSSR count). The first-order chi connectivity index (χ1) is 17.7. The molecule has 1 atom stereocenters. The van der Waals surface area contributed by atoms with Gasteiger partial charge in [-0.2, -0.15) is 0 Å². The Morgan fingerprint density at radius 3 is 1.38 bits per heavy atom. The highest BCUT2D eigenvalue weighted by molar-refractivity contribution is 7.16. The molecule has 0 nitrogen and oxygen atoms in total. The maximum Gasteiger partial charge on any atom is 0.176 e. The fourth-order valence-corrected chi connectivity index (χ4v) is 11.4. The quantitative estimate of drug-likeness (QED) is 0.202. The van der Waals surface area contributed by atoms with Crippen molar-refractivity contribution in [2.75, 3.05) is 0 Å². The van der Waals surface area contributed by atoms with E-state index in [-0.39, 0.29) is 0 Å². The van der Waals surface area contributed by atoms with E-state index in [4.69, 9.17) is 0 Å². The summed E-state index contributed by atoms with van der Waals surface area (Å²) in [6.45, 7) is 18.7. The van der Waals surface area contributed by atoms with Gasteiger partial charge < -0.3 is 0 Å². The molecule has 1 heteroatoms. The fraction of sp³-hybridized carbons (Fsp3) is 0.389. The molecule has 0 saturated heterocycles. The Bertz CT molecular complexity index is 1160. The zero-order chi connectivity index (χ0) is 26.7. The monoisotopic (exact) mass is 506 g/mol. The SMILES string of the molecule is CCC(C)C1=C([Si](c2cccc(C(C)C)c2)(c2cccc(C(C)C)c2)c2cccc(C(C)C)c2)CC=C1. The summed E-state index contributed by atoms with van der Waals surface area (Å²) in [7, 11) is -2.55. The summed E-state index contributed by atoms with van der Waals surface area (Å²) < 4.78 is 0. The molecule has 0 N–H and O–H groups in total. The predicted octanol–water partition coefficient (Wildman–Crippen LogP) is 8.37. The van der Waals surface area contributed by atoms with E-state index < -0.39 is 8.07 Å². The standard InChI is InChI=1S/C36H46Si/c1-9-28(8)35-20-13-21-36(35)37(32-17-10-14-29(22-32)25(2)3,33-18-11-15-30(23-33)26(4)5)34-19-12-16-31(24-34)27(6)7/h10-20,22-28H,9,21H2,1-8H3. The van der Waals surface area contributed by atoms with Crippen molar-refractivity contribution in [3.05, 3.63) is 112 Å². The third-order valence-corrected chi connectivity index (χ3v) is 13.5. The van der Waals surface area contributed by atoms with Gasteiger partial charge in [0, 0.05) is 0 Å². The van der Waals surface area contributed by atoms with Crippen LogP contribution < -0.4 is 15.6 Å². The topological polar surface area (TPSA) is 0 Å². The first-order valence-electron chi connectivity index (χ1n) is 14.4. The van der Waals surface area contributed by atoms with E-state index in [1.165, 1.54) is 32.3 Å². The molecule has 0 amide bonds. The minimum atomic E-state index is -2.55. The Hall–Kier alpha value is -2.64. The summed E-state index contributed by atoms with van der Waals surface area (Å²) in [5.74, 6) is 2.05. The molecule has 0 fully saturated rings. The molecule has 0 saturated carbocycles. The summed E-state index contributed by atoms with van der Waals surface area (Å²) in [4.78, 5) is 0. The molecule has 0 aromatic heterocycles. The van der Waals surface area contributed by atoms with Crippen LogP contribution in [0.2, 0.25) is 0 Å². The Morgan fingerprint density at radius 2 is 1.03 bits per heavy atom. The first kappa shape index (κ1) is 27.4. The molecule has 37 heavy (non-hydrogen) atoms. The van der Waals surface area contributed by atoms with Crippen LogP contribution in [0.15, 0.2) is 95.7 Å². The van der Waals surface area contributed by atoms with Crippen LogP contribution in [0.5, 0.6) is 0 Å². The average Bonchev–Trinajstić information content (AvgIpc) is 3.39. The largest absolute Gasteiger partial charge is 0.176 e. The van der Waals surface area contributed by atoms with Gasteiger partial charge >= 0.3 is 0 Å². The van der Waals surface area contributed by atoms with Gasteiger partial charge in [0.05, 0.1) is 0 Å². The van der Waals surface area contributed by atoms with Crippen LogP contribution in [-0.4, -0.2) is 8.07 Å². The van der Waals surface area contributed by atoms with E-state index in [9.17, 15) is 0 Å². The van der Waals surface area contributed by atoms with Gasteiger partial charge in [0.15, 0.2) is 8.07 Å². The van der Waals surface area contributed by atoms with Crippen LogP contribution in [0.4, 0.5) is 0 Å². The van der Waals surface area contributed by atoms with Crippen molar-refractivity contribution >= 4 is 23.6 Å². The number of hydrogen-bond donors (Lipinski definition) is 0. The van der Waals surface area contributed by atoms with Gasteiger partial charge in [-0.05, 0) is 74.3 Å². The maximum atomic E-state index is 2.56. The lowest BCUT2D eigenvalue weighted by molar-refractivity contribution is 0.669. The summed E-state index contributed by atoms with van der Waals surface area (Å²) in [6.07, 6.45) is 7.10. The molecule has 1 unspecified atom stereocenters.